The van der Waals surface area contributed by atoms with Crippen LogP contribution in [0.5, 0.6) is 0 Å². The monoisotopic (exact) mass is 261 g/mol. The molecule has 1 aromatic carbocycles. The summed E-state index contributed by atoms with van der Waals surface area (Å²) in [5.74, 6) is 0.233. The summed E-state index contributed by atoms with van der Waals surface area (Å²) in [6.07, 6.45) is 2.06. The summed E-state index contributed by atoms with van der Waals surface area (Å²) in [7, 11) is 0. The Morgan fingerprint density at radius 1 is 1.42 bits per heavy atom. The number of benzene rings is 1. The maximum atomic E-state index is 12.2. The highest BCUT2D eigenvalue weighted by molar-refractivity contribution is 5.93. The van der Waals surface area contributed by atoms with Crippen molar-refractivity contribution in [2.75, 3.05) is 25.0 Å². The molecule has 1 fully saturated rings. The first-order valence-electron chi connectivity index (χ1n) is 7.11. The Labute approximate surface area is 115 Å². The standard InChI is InChI=1S/C15H23N3O/c1-2-16-10-12-6-3-4-8-14(12)18-15(19)13-7-5-9-17-11-13/h3-4,6,8,13,16-17H,2,5,7,9-11H2,1H3,(H,18,19). The number of hydrogen-bond acceptors (Lipinski definition) is 3. The summed E-state index contributed by atoms with van der Waals surface area (Å²) in [5.41, 5.74) is 2.07. The third kappa shape index (κ3) is 4.04. The van der Waals surface area contributed by atoms with Crippen molar-refractivity contribution in [3.8, 4) is 0 Å². The van der Waals surface area contributed by atoms with E-state index in [0.29, 0.717) is 0 Å². The second-order valence-electron chi connectivity index (χ2n) is 4.97. The molecule has 2 rings (SSSR count). The van der Waals surface area contributed by atoms with Gasteiger partial charge in [-0.25, -0.2) is 0 Å². The van der Waals surface area contributed by atoms with Gasteiger partial charge in [0.2, 0.25) is 5.91 Å². The van der Waals surface area contributed by atoms with Crippen LogP contribution in [0.1, 0.15) is 25.3 Å². The van der Waals surface area contributed by atoms with Gasteiger partial charge in [0.15, 0.2) is 0 Å². The number of nitrogens with one attached hydrogen (secondary N) is 3. The SMILES string of the molecule is CCNCc1ccccc1NC(=O)C1CCCNC1. The van der Waals surface area contributed by atoms with Crippen molar-refractivity contribution in [2.45, 2.75) is 26.3 Å². The Balaban J connectivity index is 1.99. The average Bonchev–Trinajstić information content (AvgIpc) is 2.47. The molecular weight excluding hydrogens is 238 g/mol. The normalized spacial score (nSPS) is 19.1. The Kier molecular flexibility index (Phi) is 5.36. The van der Waals surface area contributed by atoms with Gasteiger partial charge in [0.25, 0.3) is 0 Å². The molecule has 1 heterocycles. The van der Waals surface area contributed by atoms with E-state index in [1.165, 1.54) is 0 Å². The fourth-order valence-corrected chi connectivity index (χ4v) is 2.37. The number of amides is 1. The summed E-state index contributed by atoms with van der Waals surface area (Å²) >= 11 is 0. The molecule has 0 aromatic heterocycles. The van der Waals surface area contributed by atoms with Crippen LogP contribution >= 0.6 is 0 Å². The van der Waals surface area contributed by atoms with Crippen LogP contribution < -0.4 is 16.0 Å². The van der Waals surface area contributed by atoms with Crippen LogP contribution in [0, 0.1) is 5.92 Å². The number of hydrogen-bond donors (Lipinski definition) is 3. The number of anilines is 1. The largest absolute Gasteiger partial charge is 0.326 e. The van der Waals surface area contributed by atoms with E-state index in [-0.39, 0.29) is 11.8 Å². The van der Waals surface area contributed by atoms with Crippen molar-refractivity contribution < 1.29 is 4.79 Å². The summed E-state index contributed by atoms with van der Waals surface area (Å²) in [6, 6.07) is 7.99. The lowest BCUT2D eigenvalue weighted by molar-refractivity contribution is -0.120. The first-order chi connectivity index (χ1) is 9.31. The van der Waals surface area contributed by atoms with Gasteiger partial charge in [-0.3, -0.25) is 4.79 Å². The quantitative estimate of drug-likeness (QED) is 0.756. The molecule has 0 bridgehead atoms. The lowest BCUT2D eigenvalue weighted by Crippen LogP contribution is -2.37. The predicted molar refractivity (Wildman–Crippen MR) is 78.0 cm³/mol. The molecule has 1 unspecified atom stereocenters. The van der Waals surface area contributed by atoms with Crippen LogP contribution in [0.25, 0.3) is 0 Å². The summed E-state index contributed by atoms with van der Waals surface area (Å²) < 4.78 is 0. The molecule has 4 heteroatoms. The molecule has 0 spiro atoms. The van der Waals surface area contributed by atoms with Gasteiger partial charge < -0.3 is 16.0 Å². The van der Waals surface area contributed by atoms with Gasteiger partial charge >= 0.3 is 0 Å². The zero-order valence-electron chi connectivity index (χ0n) is 11.5. The van der Waals surface area contributed by atoms with Gasteiger partial charge in [-0.1, -0.05) is 25.1 Å². The molecule has 1 aromatic rings. The molecule has 3 N–H and O–H groups in total. The molecule has 0 saturated carbocycles. The van der Waals surface area contributed by atoms with Crippen LogP contribution in [-0.4, -0.2) is 25.5 Å². The minimum Gasteiger partial charge on any atom is -0.326 e. The van der Waals surface area contributed by atoms with Crippen LogP contribution in [0.15, 0.2) is 24.3 Å². The highest BCUT2D eigenvalue weighted by Gasteiger charge is 2.21. The molecular formula is C15H23N3O. The molecule has 104 valence electrons. The van der Waals surface area contributed by atoms with Gasteiger partial charge in [-0.2, -0.15) is 0 Å². The third-order valence-corrected chi connectivity index (χ3v) is 3.51. The van der Waals surface area contributed by atoms with E-state index in [9.17, 15) is 4.79 Å². The Morgan fingerprint density at radius 3 is 3.00 bits per heavy atom. The molecule has 1 saturated heterocycles. The van der Waals surface area contributed by atoms with E-state index in [1.54, 1.807) is 0 Å². The van der Waals surface area contributed by atoms with E-state index in [2.05, 4.69) is 28.9 Å². The smallest absolute Gasteiger partial charge is 0.228 e. The molecule has 0 aliphatic carbocycles. The van der Waals surface area contributed by atoms with E-state index in [0.717, 1.165) is 50.3 Å². The summed E-state index contributed by atoms with van der Waals surface area (Å²) in [5, 5.41) is 9.64. The van der Waals surface area contributed by atoms with Gasteiger partial charge in [0.05, 0.1) is 5.92 Å². The van der Waals surface area contributed by atoms with E-state index >= 15 is 0 Å². The van der Waals surface area contributed by atoms with Crippen LogP contribution in [0.2, 0.25) is 0 Å². The van der Waals surface area contributed by atoms with E-state index in [1.807, 2.05) is 18.2 Å². The van der Waals surface area contributed by atoms with Crippen LogP contribution in [0.3, 0.4) is 0 Å². The van der Waals surface area contributed by atoms with Gasteiger partial charge in [0, 0.05) is 18.8 Å². The number of piperidine rings is 1. The van der Waals surface area contributed by atoms with Gasteiger partial charge in [-0.05, 0) is 37.6 Å². The highest BCUT2D eigenvalue weighted by Crippen LogP contribution is 2.18. The lowest BCUT2D eigenvalue weighted by atomic mass is 9.98. The first kappa shape index (κ1) is 14.0. The zero-order chi connectivity index (χ0) is 13.5. The molecule has 1 amide bonds. The Morgan fingerprint density at radius 2 is 2.26 bits per heavy atom. The highest BCUT2D eigenvalue weighted by atomic mass is 16.1. The van der Waals surface area contributed by atoms with Crippen molar-refractivity contribution in [3.05, 3.63) is 29.8 Å². The second-order valence-corrected chi connectivity index (χ2v) is 4.97. The topological polar surface area (TPSA) is 53.2 Å². The molecule has 4 nitrogen and oxygen atoms in total. The summed E-state index contributed by atoms with van der Waals surface area (Å²) in [6.45, 7) is 5.61. The maximum absolute atomic E-state index is 12.2. The molecule has 1 aliphatic rings. The third-order valence-electron chi connectivity index (χ3n) is 3.51. The Hall–Kier alpha value is -1.39. The lowest BCUT2D eigenvalue weighted by Gasteiger charge is -2.22. The van der Waals surface area contributed by atoms with Crippen molar-refractivity contribution in [1.29, 1.82) is 0 Å². The minimum atomic E-state index is 0.0981. The summed E-state index contributed by atoms with van der Waals surface area (Å²) in [4.78, 5) is 12.2. The van der Waals surface area contributed by atoms with Crippen molar-refractivity contribution in [3.63, 3.8) is 0 Å². The molecule has 1 aliphatic heterocycles. The van der Waals surface area contributed by atoms with Crippen molar-refractivity contribution in [2.24, 2.45) is 5.92 Å². The second kappa shape index (κ2) is 7.26. The number of carbonyl (C=O) groups is 1. The number of para-hydroxylation sites is 1. The fraction of sp³-hybridized carbons (Fsp3) is 0.533. The van der Waals surface area contributed by atoms with E-state index < -0.39 is 0 Å². The molecule has 19 heavy (non-hydrogen) atoms. The minimum absolute atomic E-state index is 0.0981. The van der Waals surface area contributed by atoms with Gasteiger partial charge in [0.1, 0.15) is 0 Å². The fourth-order valence-electron chi connectivity index (χ4n) is 2.37. The first-order valence-corrected chi connectivity index (χ1v) is 7.11. The van der Waals surface area contributed by atoms with Crippen molar-refractivity contribution >= 4 is 11.6 Å². The average molecular weight is 261 g/mol. The number of rotatable bonds is 5. The van der Waals surface area contributed by atoms with Crippen molar-refractivity contribution in [1.82, 2.24) is 10.6 Å². The van der Waals surface area contributed by atoms with Crippen LogP contribution in [-0.2, 0) is 11.3 Å². The predicted octanol–water partition coefficient (Wildman–Crippen LogP) is 1.73. The van der Waals surface area contributed by atoms with E-state index in [4.69, 9.17) is 0 Å². The van der Waals surface area contributed by atoms with Crippen LogP contribution in [0.4, 0.5) is 5.69 Å². The zero-order valence-corrected chi connectivity index (χ0v) is 11.5. The molecule has 0 radical (unpaired) electrons. The Bertz CT molecular complexity index is 414. The maximum Gasteiger partial charge on any atom is 0.228 e. The van der Waals surface area contributed by atoms with Gasteiger partial charge in [-0.15, -0.1) is 0 Å². The molecule has 1 atom stereocenters. The number of carbonyl (C=O) groups excluding carboxylic acids is 1.